The lowest BCUT2D eigenvalue weighted by molar-refractivity contribution is -0.274. The summed E-state index contributed by atoms with van der Waals surface area (Å²) in [6, 6.07) is 10.5. The number of alkyl halides is 3. The van der Waals surface area contributed by atoms with E-state index in [0.29, 0.717) is 10.6 Å². The van der Waals surface area contributed by atoms with Gasteiger partial charge in [0.15, 0.2) is 0 Å². The molecule has 2 aromatic carbocycles. The zero-order valence-electron chi connectivity index (χ0n) is 15.2. The fourth-order valence-corrected chi connectivity index (χ4v) is 2.98. The van der Waals surface area contributed by atoms with Gasteiger partial charge in [-0.2, -0.15) is 0 Å². The van der Waals surface area contributed by atoms with Gasteiger partial charge in [0, 0.05) is 17.3 Å². The molecular weight excluding hydrogens is 427 g/mol. The minimum absolute atomic E-state index is 0.113. The molecule has 3 rings (SSSR count). The van der Waals surface area contributed by atoms with Crippen LogP contribution in [0.25, 0.3) is 0 Å². The summed E-state index contributed by atoms with van der Waals surface area (Å²) in [6.07, 6.45) is -4.83. The Morgan fingerprint density at radius 2 is 1.83 bits per heavy atom. The molecule has 1 atom stereocenters. The van der Waals surface area contributed by atoms with Gasteiger partial charge in [-0.3, -0.25) is 14.5 Å². The summed E-state index contributed by atoms with van der Waals surface area (Å²) in [6.45, 7) is -0.324. The van der Waals surface area contributed by atoms with Crippen molar-refractivity contribution in [3.8, 4) is 5.75 Å². The lowest BCUT2D eigenvalue weighted by Crippen LogP contribution is -2.57. The maximum atomic E-state index is 12.7. The summed E-state index contributed by atoms with van der Waals surface area (Å²) >= 11 is 6.07. The predicted octanol–water partition coefficient (Wildman–Crippen LogP) is 3.55. The Morgan fingerprint density at radius 3 is 2.47 bits per heavy atom. The smallest absolute Gasteiger partial charge is 0.406 e. The van der Waals surface area contributed by atoms with Crippen LogP contribution in [0.15, 0.2) is 48.5 Å². The van der Waals surface area contributed by atoms with Crippen molar-refractivity contribution in [2.24, 2.45) is 5.92 Å². The quantitative estimate of drug-likeness (QED) is 0.695. The Labute approximate surface area is 173 Å². The van der Waals surface area contributed by atoms with E-state index in [1.54, 1.807) is 24.3 Å². The summed E-state index contributed by atoms with van der Waals surface area (Å²) in [7, 11) is 0. The fraction of sp³-hybridized carbons (Fsp3) is 0.211. The van der Waals surface area contributed by atoms with Crippen LogP contribution in [0, 0.1) is 5.92 Å². The number of ether oxygens (including phenoxy) is 1. The number of carbonyl (C=O) groups is 3. The zero-order chi connectivity index (χ0) is 21.9. The van der Waals surface area contributed by atoms with Crippen molar-refractivity contribution in [1.82, 2.24) is 10.2 Å². The first-order chi connectivity index (χ1) is 14.1. The standard InChI is InChI=1S/C19H15ClF3N3O4/c20-15-4-2-1-3-11(15)10-26-17(28)14(9-24-18(26)29)16(27)25-12-5-7-13(8-6-12)30-19(21,22)23/h1-8,14H,9-10H2,(H,24,29)(H,25,27). The molecule has 2 N–H and O–H groups in total. The van der Waals surface area contributed by atoms with E-state index in [1.165, 1.54) is 12.1 Å². The van der Waals surface area contributed by atoms with Gasteiger partial charge < -0.3 is 15.4 Å². The molecule has 0 radical (unpaired) electrons. The molecule has 1 aliphatic rings. The van der Waals surface area contributed by atoms with E-state index < -0.39 is 35.9 Å². The van der Waals surface area contributed by atoms with Gasteiger partial charge >= 0.3 is 12.4 Å². The van der Waals surface area contributed by atoms with Gasteiger partial charge in [0.05, 0.1) is 6.54 Å². The predicted molar refractivity (Wildman–Crippen MR) is 101 cm³/mol. The van der Waals surface area contributed by atoms with E-state index in [-0.39, 0.29) is 18.8 Å². The fourth-order valence-electron chi connectivity index (χ4n) is 2.78. The second-order valence-electron chi connectivity index (χ2n) is 6.32. The lowest BCUT2D eigenvalue weighted by Gasteiger charge is -2.31. The van der Waals surface area contributed by atoms with Crippen molar-refractivity contribution in [3.05, 3.63) is 59.1 Å². The first kappa shape index (κ1) is 21.4. The number of nitrogens with one attached hydrogen (secondary N) is 2. The average molecular weight is 442 g/mol. The molecule has 7 nitrogen and oxygen atoms in total. The molecule has 0 saturated carbocycles. The van der Waals surface area contributed by atoms with Crippen LogP contribution in [0.2, 0.25) is 5.02 Å². The Balaban J connectivity index is 1.67. The Morgan fingerprint density at radius 1 is 1.17 bits per heavy atom. The minimum atomic E-state index is -4.83. The molecule has 4 amide bonds. The molecule has 0 aliphatic carbocycles. The van der Waals surface area contributed by atoms with Gasteiger partial charge in [-0.25, -0.2) is 4.79 Å². The summed E-state index contributed by atoms with van der Waals surface area (Å²) < 4.78 is 40.4. The topological polar surface area (TPSA) is 87.7 Å². The Kier molecular flexibility index (Phi) is 6.16. The average Bonchev–Trinajstić information content (AvgIpc) is 2.67. The molecule has 1 saturated heterocycles. The van der Waals surface area contributed by atoms with Crippen molar-refractivity contribution < 1.29 is 32.3 Å². The summed E-state index contributed by atoms with van der Waals surface area (Å²) in [5.41, 5.74) is 0.695. The summed E-state index contributed by atoms with van der Waals surface area (Å²) in [5, 5.41) is 5.28. The number of nitrogens with zero attached hydrogens (tertiary/aromatic N) is 1. The molecule has 1 heterocycles. The Bertz CT molecular complexity index is 966. The largest absolute Gasteiger partial charge is 0.573 e. The summed E-state index contributed by atoms with van der Waals surface area (Å²) in [4.78, 5) is 38.2. The third-order valence-corrected chi connectivity index (χ3v) is 4.59. The van der Waals surface area contributed by atoms with Gasteiger partial charge in [-0.15, -0.1) is 13.2 Å². The highest BCUT2D eigenvalue weighted by atomic mass is 35.5. The summed E-state index contributed by atoms with van der Waals surface area (Å²) in [5.74, 6) is -3.09. The number of anilines is 1. The van der Waals surface area contributed by atoms with Crippen LogP contribution >= 0.6 is 11.6 Å². The molecule has 0 bridgehead atoms. The van der Waals surface area contributed by atoms with Crippen LogP contribution in [0.5, 0.6) is 5.75 Å². The van der Waals surface area contributed by atoms with Crippen molar-refractivity contribution in [2.45, 2.75) is 12.9 Å². The highest BCUT2D eigenvalue weighted by molar-refractivity contribution is 6.31. The van der Waals surface area contributed by atoms with E-state index in [2.05, 4.69) is 15.4 Å². The monoisotopic (exact) mass is 441 g/mol. The first-order valence-electron chi connectivity index (χ1n) is 8.63. The first-order valence-corrected chi connectivity index (χ1v) is 9.01. The van der Waals surface area contributed by atoms with Crippen molar-refractivity contribution in [3.63, 3.8) is 0 Å². The van der Waals surface area contributed by atoms with Crippen LogP contribution in [-0.2, 0) is 16.1 Å². The number of carbonyl (C=O) groups excluding carboxylic acids is 3. The minimum Gasteiger partial charge on any atom is -0.406 e. The van der Waals surface area contributed by atoms with Gasteiger partial charge in [0.2, 0.25) is 11.8 Å². The third kappa shape index (κ3) is 5.20. The van der Waals surface area contributed by atoms with E-state index in [4.69, 9.17) is 11.6 Å². The molecule has 0 spiro atoms. The highest BCUT2D eigenvalue weighted by Gasteiger charge is 2.39. The number of urea groups is 1. The molecule has 1 aliphatic heterocycles. The second kappa shape index (κ2) is 8.62. The van der Waals surface area contributed by atoms with E-state index in [9.17, 15) is 27.6 Å². The maximum absolute atomic E-state index is 12.7. The number of imide groups is 1. The SMILES string of the molecule is O=C(Nc1ccc(OC(F)(F)F)cc1)C1CNC(=O)N(Cc2ccccc2Cl)C1=O. The molecule has 158 valence electrons. The van der Waals surface area contributed by atoms with Gasteiger partial charge in [0.25, 0.3) is 0 Å². The van der Waals surface area contributed by atoms with Crippen LogP contribution in [0.4, 0.5) is 23.7 Å². The van der Waals surface area contributed by atoms with E-state index >= 15 is 0 Å². The molecule has 1 fully saturated rings. The van der Waals surface area contributed by atoms with E-state index in [1.807, 2.05) is 0 Å². The maximum Gasteiger partial charge on any atom is 0.573 e. The molecule has 0 aromatic heterocycles. The number of halogens is 4. The lowest BCUT2D eigenvalue weighted by atomic mass is 10.0. The normalized spacial score (nSPS) is 16.8. The van der Waals surface area contributed by atoms with Crippen LogP contribution in [0.1, 0.15) is 5.56 Å². The number of hydrogen-bond donors (Lipinski definition) is 2. The molecule has 2 aromatic rings. The molecule has 1 unspecified atom stereocenters. The van der Waals surface area contributed by atoms with Crippen LogP contribution in [-0.4, -0.2) is 35.7 Å². The molecule has 30 heavy (non-hydrogen) atoms. The van der Waals surface area contributed by atoms with Crippen molar-refractivity contribution >= 4 is 35.1 Å². The van der Waals surface area contributed by atoms with Crippen molar-refractivity contribution in [1.29, 1.82) is 0 Å². The van der Waals surface area contributed by atoms with E-state index in [0.717, 1.165) is 17.0 Å². The Hall–Kier alpha value is -3.27. The van der Waals surface area contributed by atoms with Crippen LogP contribution in [0.3, 0.4) is 0 Å². The molecule has 11 heteroatoms. The highest BCUT2D eigenvalue weighted by Crippen LogP contribution is 2.25. The number of hydrogen-bond acceptors (Lipinski definition) is 4. The van der Waals surface area contributed by atoms with Crippen LogP contribution < -0.4 is 15.4 Å². The number of rotatable bonds is 5. The van der Waals surface area contributed by atoms with Gasteiger partial charge in [-0.1, -0.05) is 29.8 Å². The third-order valence-electron chi connectivity index (χ3n) is 4.22. The second-order valence-corrected chi connectivity index (χ2v) is 6.72. The van der Waals surface area contributed by atoms with Gasteiger partial charge in [-0.05, 0) is 35.9 Å². The van der Waals surface area contributed by atoms with Crippen molar-refractivity contribution in [2.75, 3.05) is 11.9 Å². The van der Waals surface area contributed by atoms with Gasteiger partial charge in [0.1, 0.15) is 11.7 Å². The zero-order valence-corrected chi connectivity index (χ0v) is 16.0. The number of amides is 4. The number of benzene rings is 2. The molecular formula is C19H15ClF3N3O4.